The number of benzene rings is 1. The molecule has 2 heterocycles. The van der Waals surface area contributed by atoms with Crippen molar-refractivity contribution in [3.8, 4) is 11.3 Å². The van der Waals surface area contributed by atoms with Crippen LogP contribution in [0.4, 0.5) is 4.39 Å². The molecule has 0 fully saturated rings. The molecule has 2 nitrogen and oxygen atoms in total. The molecule has 2 aromatic heterocycles. The highest BCUT2D eigenvalue weighted by atomic mass is 19.1. The first-order valence-corrected chi connectivity index (χ1v) is 5.63. The molecule has 0 spiro atoms. The Bertz CT molecular complexity index is 723. The van der Waals surface area contributed by atoms with Gasteiger partial charge in [-0.15, -0.1) is 0 Å². The Morgan fingerprint density at radius 3 is 2.72 bits per heavy atom. The van der Waals surface area contributed by atoms with Crippen molar-refractivity contribution in [2.24, 2.45) is 0 Å². The normalized spacial score (nSPS) is 10.8. The number of aromatic nitrogens is 2. The molecule has 0 aliphatic heterocycles. The summed E-state index contributed by atoms with van der Waals surface area (Å²) >= 11 is 0. The minimum Gasteiger partial charge on any atom is -0.256 e. The van der Waals surface area contributed by atoms with Crippen LogP contribution in [0.2, 0.25) is 0 Å². The first kappa shape index (κ1) is 10.8. The van der Waals surface area contributed by atoms with Crippen molar-refractivity contribution in [2.45, 2.75) is 6.92 Å². The minimum absolute atomic E-state index is 0.444. The third-order valence-corrected chi connectivity index (χ3v) is 2.83. The van der Waals surface area contributed by atoms with Gasteiger partial charge in [0.2, 0.25) is 5.95 Å². The summed E-state index contributed by atoms with van der Waals surface area (Å²) in [5.74, 6) is -0.444. The van der Waals surface area contributed by atoms with Crippen molar-refractivity contribution in [1.29, 1.82) is 0 Å². The van der Waals surface area contributed by atoms with Crippen LogP contribution in [0.15, 0.2) is 42.7 Å². The Kier molecular flexibility index (Phi) is 2.52. The van der Waals surface area contributed by atoms with Crippen LogP contribution in [-0.4, -0.2) is 9.97 Å². The average Bonchev–Trinajstić information content (AvgIpc) is 2.39. The molecule has 0 N–H and O–H groups in total. The van der Waals surface area contributed by atoms with Crippen LogP contribution in [0.5, 0.6) is 0 Å². The molecule has 0 bridgehead atoms. The zero-order chi connectivity index (χ0) is 12.5. The third-order valence-electron chi connectivity index (χ3n) is 2.83. The second kappa shape index (κ2) is 4.18. The highest BCUT2D eigenvalue weighted by molar-refractivity contribution is 5.86. The molecule has 18 heavy (non-hydrogen) atoms. The van der Waals surface area contributed by atoms with Crippen molar-refractivity contribution in [3.05, 3.63) is 60.3 Å². The summed E-state index contributed by atoms with van der Waals surface area (Å²) in [6.07, 6.45) is 3.22. The zero-order valence-corrected chi connectivity index (χ0v) is 9.81. The van der Waals surface area contributed by atoms with Crippen molar-refractivity contribution in [1.82, 2.24) is 9.97 Å². The van der Waals surface area contributed by atoms with E-state index >= 15 is 0 Å². The van der Waals surface area contributed by atoms with Crippen molar-refractivity contribution in [2.75, 3.05) is 0 Å². The lowest BCUT2D eigenvalue weighted by molar-refractivity contribution is 0.597. The van der Waals surface area contributed by atoms with Crippen LogP contribution in [0.1, 0.15) is 5.56 Å². The van der Waals surface area contributed by atoms with Gasteiger partial charge in [-0.05, 0) is 42.1 Å². The van der Waals surface area contributed by atoms with Gasteiger partial charge in [-0.3, -0.25) is 4.98 Å². The van der Waals surface area contributed by atoms with Crippen LogP contribution < -0.4 is 0 Å². The van der Waals surface area contributed by atoms with E-state index in [1.165, 1.54) is 6.20 Å². The Morgan fingerprint density at radius 2 is 1.89 bits per heavy atom. The van der Waals surface area contributed by atoms with Gasteiger partial charge in [0.25, 0.3) is 0 Å². The molecule has 1 radical (unpaired) electrons. The maximum Gasteiger partial charge on any atom is 0.220 e. The first-order valence-electron chi connectivity index (χ1n) is 5.63. The zero-order valence-electron chi connectivity index (χ0n) is 9.81. The molecule has 0 saturated carbocycles. The number of rotatable bonds is 1. The number of fused-ring (bicyclic) bond motifs is 1. The van der Waals surface area contributed by atoms with Gasteiger partial charge in [-0.25, -0.2) is 4.98 Å². The topological polar surface area (TPSA) is 25.8 Å². The molecule has 3 heteroatoms. The molecule has 1 aromatic carbocycles. The minimum atomic E-state index is -0.444. The van der Waals surface area contributed by atoms with Crippen LogP contribution >= 0.6 is 0 Å². The highest BCUT2D eigenvalue weighted by Crippen LogP contribution is 2.23. The maximum atomic E-state index is 13.4. The Morgan fingerprint density at radius 1 is 1.06 bits per heavy atom. The lowest BCUT2D eigenvalue weighted by Gasteiger charge is -2.04. The van der Waals surface area contributed by atoms with E-state index in [4.69, 9.17) is 0 Å². The van der Waals surface area contributed by atoms with Gasteiger partial charge in [-0.1, -0.05) is 6.07 Å². The smallest absolute Gasteiger partial charge is 0.220 e. The molecule has 3 rings (SSSR count). The van der Waals surface area contributed by atoms with E-state index in [0.29, 0.717) is 5.39 Å². The van der Waals surface area contributed by atoms with E-state index in [1.54, 1.807) is 18.3 Å². The summed E-state index contributed by atoms with van der Waals surface area (Å²) in [5.41, 5.74) is 2.73. The SMILES string of the molecule is Cc1[c]c(-c2ccc3c(F)nccc3c2)ncc1. The Hall–Kier alpha value is -2.29. The van der Waals surface area contributed by atoms with E-state index < -0.39 is 5.95 Å². The van der Waals surface area contributed by atoms with Crippen molar-refractivity contribution >= 4 is 10.8 Å². The van der Waals surface area contributed by atoms with Crippen LogP contribution in [0.3, 0.4) is 0 Å². The third kappa shape index (κ3) is 1.84. The van der Waals surface area contributed by atoms with Gasteiger partial charge in [0.05, 0.1) is 5.69 Å². The van der Waals surface area contributed by atoms with Gasteiger partial charge in [0, 0.05) is 29.4 Å². The monoisotopic (exact) mass is 237 g/mol. The molecule has 0 atom stereocenters. The predicted molar refractivity (Wildman–Crippen MR) is 68.5 cm³/mol. The summed E-state index contributed by atoms with van der Waals surface area (Å²) in [7, 11) is 0. The molecule has 87 valence electrons. The van der Waals surface area contributed by atoms with Gasteiger partial charge in [0.15, 0.2) is 0 Å². The molecule has 0 aliphatic carbocycles. The number of hydrogen-bond acceptors (Lipinski definition) is 2. The number of pyridine rings is 2. The fraction of sp³-hybridized carbons (Fsp3) is 0.0667. The number of aryl methyl sites for hydroxylation is 1. The fourth-order valence-electron chi connectivity index (χ4n) is 1.92. The van der Waals surface area contributed by atoms with E-state index in [0.717, 1.165) is 22.2 Å². The Balaban J connectivity index is 2.20. The number of hydrogen-bond donors (Lipinski definition) is 0. The van der Waals surface area contributed by atoms with Crippen LogP contribution in [0.25, 0.3) is 22.0 Å². The summed E-state index contributed by atoms with van der Waals surface area (Å²) in [5, 5.41) is 1.34. The molecular weight excluding hydrogens is 227 g/mol. The largest absolute Gasteiger partial charge is 0.256 e. The molecule has 3 aromatic rings. The lowest BCUT2D eigenvalue weighted by Crippen LogP contribution is -1.88. The summed E-state index contributed by atoms with van der Waals surface area (Å²) < 4.78 is 13.4. The summed E-state index contributed by atoms with van der Waals surface area (Å²) in [4.78, 5) is 7.91. The van der Waals surface area contributed by atoms with Crippen molar-refractivity contribution < 1.29 is 4.39 Å². The lowest BCUT2D eigenvalue weighted by atomic mass is 10.1. The van der Waals surface area contributed by atoms with Gasteiger partial charge < -0.3 is 0 Å². The second-order valence-corrected chi connectivity index (χ2v) is 4.14. The van der Waals surface area contributed by atoms with E-state index in [9.17, 15) is 4.39 Å². The quantitative estimate of drug-likeness (QED) is 0.605. The molecule has 0 saturated heterocycles. The molecule has 0 amide bonds. The number of halogens is 1. The average molecular weight is 237 g/mol. The van der Waals surface area contributed by atoms with Crippen LogP contribution in [-0.2, 0) is 0 Å². The van der Waals surface area contributed by atoms with E-state index in [1.807, 2.05) is 25.1 Å². The molecular formula is C15H10FN2. The predicted octanol–water partition coefficient (Wildman–Crippen LogP) is 3.54. The van der Waals surface area contributed by atoms with Gasteiger partial charge in [0.1, 0.15) is 0 Å². The van der Waals surface area contributed by atoms with E-state index in [2.05, 4.69) is 16.0 Å². The van der Waals surface area contributed by atoms with Crippen LogP contribution in [0, 0.1) is 18.9 Å². The Labute approximate surface area is 104 Å². The molecule has 0 aliphatic rings. The highest BCUT2D eigenvalue weighted by Gasteiger charge is 2.05. The van der Waals surface area contributed by atoms with Crippen molar-refractivity contribution in [3.63, 3.8) is 0 Å². The second-order valence-electron chi connectivity index (χ2n) is 4.14. The molecule has 0 unspecified atom stereocenters. The first-order chi connectivity index (χ1) is 8.74. The van der Waals surface area contributed by atoms with E-state index in [-0.39, 0.29) is 0 Å². The maximum absolute atomic E-state index is 13.4. The van der Waals surface area contributed by atoms with Gasteiger partial charge >= 0.3 is 0 Å². The number of nitrogens with zero attached hydrogens (tertiary/aromatic N) is 2. The standard InChI is InChI=1S/C15H10FN2/c1-10-4-6-17-14(8-10)12-2-3-13-11(9-12)5-7-18-15(13)16/h2-7,9H,1H3. The fourth-order valence-corrected chi connectivity index (χ4v) is 1.92. The van der Waals surface area contributed by atoms with Gasteiger partial charge in [-0.2, -0.15) is 4.39 Å². The summed E-state index contributed by atoms with van der Waals surface area (Å²) in [6, 6.07) is 12.3. The summed E-state index contributed by atoms with van der Waals surface area (Å²) in [6.45, 7) is 1.97.